The molecule has 1 saturated heterocycles. The lowest BCUT2D eigenvalue weighted by molar-refractivity contribution is -0.121. The van der Waals surface area contributed by atoms with E-state index in [0.29, 0.717) is 31.4 Å². The van der Waals surface area contributed by atoms with Gasteiger partial charge in [0.2, 0.25) is 15.9 Å². The van der Waals surface area contributed by atoms with Gasteiger partial charge in [-0.05, 0) is 56.5 Å². The summed E-state index contributed by atoms with van der Waals surface area (Å²) < 4.78 is 29.6. The number of fused-ring (bicyclic) bond motifs is 1. The lowest BCUT2D eigenvalue weighted by atomic mass is 10.2. The summed E-state index contributed by atoms with van der Waals surface area (Å²) in [4.78, 5) is 21.9. The fraction of sp³-hybridized carbons (Fsp3) is 0.458. The molecule has 0 radical (unpaired) electrons. The van der Waals surface area contributed by atoms with Gasteiger partial charge in [-0.3, -0.25) is 9.78 Å². The molecular weight excluding hydrogens is 438 g/mol. The summed E-state index contributed by atoms with van der Waals surface area (Å²) in [6.07, 6.45) is 5.20. The zero-order valence-electron chi connectivity index (χ0n) is 19.2. The quantitative estimate of drug-likeness (QED) is 0.518. The molecule has 33 heavy (non-hydrogen) atoms. The fourth-order valence-corrected chi connectivity index (χ4v) is 5.84. The van der Waals surface area contributed by atoms with E-state index in [1.165, 1.54) is 0 Å². The molecule has 0 bridgehead atoms. The topological polar surface area (TPSA) is 97.2 Å². The number of carbonyl (C=O) groups excluding carboxylic acids is 1. The molecule has 9 heteroatoms. The number of aryl methyl sites for hydroxylation is 2. The Balaban J connectivity index is 1.51. The first kappa shape index (κ1) is 23.4. The van der Waals surface area contributed by atoms with Gasteiger partial charge in [0.25, 0.3) is 0 Å². The summed E-state index contributed by atoms with van der Waals surface area (Å²) >= 11 is 0. The molecule has 3 aromatic rings. The lowest BCUT2D eigenvalue weighted by Gasteiger charge is -2.15. The Bertz CT molecular complexity index is 1220. The largest absolute Gasteiger partial charge is 0.348 e. The van der Waals surface area contributed by atoms with E-state index in [0.717, 1.165) is 42.8 Å². The standard InChI is InChI=1S/C24H31N5O3S/c1-3-14-29-22-10-9-19(33(31,32)28-15-6-7-16-28)17-21(22)27-23(29)11-12-24(30)26-18(2)20-8-4-5-13-25-20/h4-5,8-10,13,17-18H,3,6-7,11-12,14-16H2,1-2H3,(H,26,30). The van der Waals surface area contributed by atoms with Crippen LogP contribution in [0.25, 0.3) is 11.0 Å². The van der Waals surface area contributed by atoms with E-state index < -0.39 is 10.0 Å². The molecule has 1 aromatic carbocycles. The molecule has 0 aliphatic carbocycles. The zero-order valence-corrected chi connectivity index (χ0v) is 20.0. The van der Waals surface area contributed by atoms with E-state index in [4.69, 9.17) is 4.98 Å². The van der Waals surface area contributed by atoms with Gasteiger partial charge in [-0.25, -0.2) is 13.4 Å². The number of amides is 1. The Hall–Kier alpha value is -2.78. The van der Waals surface area contributed by atoms with Crippen LogP contribution in [0.15, 0.2) is 47.5 Å². The van der Waals surface area contributed by atoms with Crippen molar-refractivity contribution in [2.24, 2.45) is 0 Å². The van der Waals surface area contributed by atoms with Gasteiger partial charge in [-0.2, -0.15) is 4.31 Å². The average Bonchev–Trinajstić information content (AvgIpc) is 3.47. The number of hydrogen-bond acceptors (Lipinski definition) is 5. The number of imidazole rings is 1. The van der Waals surface area contributed by atoms with E-state index in [-0.39, 0.29) is 16.8 Å². The van der Waals surface area contributed by atoms with E-state index in [2.05, 4.69) is 21.8 Å². The van der Waals surface area contributed by atoms with Crippen LogP contribution < -0.4 is 5.32 Å². The number of hydrogen-bond donors (Lipinski definition) is 1. The number of rotatable bonds is 9. The average molecular weight is 470 g/mol. The normalized spacial score (nSPS) is 15.7. The molecule has 1 fully saturated rings. The first-order valence-corrected chi connectivity index (χ1v) is 13.0. The van der Waals surface area contributed by atoms with Crippen molar-refractivity contribution < 1.29 is 13.2 Å². The van der Waals surface area contributed by atoms with Gasteiger partial charge < -0.3 is 9.88 Å². The van der Waals surface area contributed by atoms with Crippen molar-refractivity contribution in [3.05, 3.63) is 54.1 Å². The Morgan fingerprint density at radius 3 is 2.67 bits per heavy atom. The van der Waals surface area contributed by atoms with Gasteiger partial charge in [0.05, 0.1) is 27.7 Å². The van der Waals surface area contributed by atoms with E-state index in [1.54, 1.807) is 22.6 Å². The highest BCUT2D eigenvalue weighted by molar-refractivity contribution is 7.89. The zero-order chi connectivity index (χ0) is 23.4. The molecular formula is C24H31N5O3S. The summed E-state index contributed by atoms with van der Waals surface area (Å²) in [5, 5.41) is 2.99. The van der Waals surface area contributed by atoms with Gasteiger partial charge >= 0.3 is 0 Å². The number of benzene rings is 1. The second-order valence-corrected chi connectivity index (χ2v) is 10.4. The Labute approximate surface area is 195 Å². The lowest BCUT2D eigenvalue weighted by Crippen LogP contribution is -2.27. The number of sulfonamides is 1. The minimum Gasteiger partial charge on any atom is -0.348 e. The van der Waals surface area contributed by atoms with E-state index in [1.807, 2.05) is 31.2 Å². The molecule has 1 amide bonds. The van der Waals surface area contributed by atoms with Crippen LogP contribution in [0.3, 0.4) is 0 Å². The van der Waals surface area contributed by atoms with E-state index in [9.17, 15) is 13.2 Å². The maximum absolute atomic E-state index is 13.0. The van der Waals surface area contributed by atoms with Crippen LogP contribution in [0.2, 0.25) is 0 Å². The number of nitrogens with zero attached hydrogens (tertiary/aromatic N) is 4. The second kappa shape index (κ2) is 10.0. The molecule has 1 aliphatic heterocycles. The maximum Gasteiger partial charge on any atom is 0.243 e. The summed E-state index contributed by atoms with van der Waals surface area (Å²) in [6, 6.07) is 10.6. The predicted molar refractivity (Wildman–Crippen MR) is 127 cm³/mol. The van der Waals surface area contributed by atoms with Crippen LogP contribution in [-0.2, 0) is 27.8 Å². The molecule has 1 N–H and O–H groups in total. The highest BCUT2D eigenvalue weighted by Crippen LogP contribution is 2.26. The third-order valence-corrected chi connectivity index (χ3v) is 7.93. The molecule has 1 atom stereocenters. The minimum absolute atomic E-state index is 0.0689. The predicted octanol–water partition coefficient (Wildman–Crippen LogP) is 3.44. The molecule has 4 rings (SSSR count). The first-order chi connectivity index (χ1) is 15.9. The van der Waals surface area contributed by atoms with Crippen LogP contribution in [0.1, 0.15) is 57.1 Å². The van der Waals surface area contributed by atoms with Crippen LogP contribution >= 0.6 is 0 Å². The van der Waals surface area contributed by atoms with Crippen molar-refractivity contribution in [1.82, 2.24) is 24.2 Å². The molecule has 176 valence electrons. The first-order valence-electron chi connectivity index (χ1n) is 11.6. The summed E-state index contributed by atoms with van der Waals surface area (Å²) in [7, 11) is -3.50. The highest BCUT2D eigenvalue weighted by atomic mass is 32.2. The molecule has 2 aromatic heterocycles. The van der Waals surface area contributed by atoms with Crippen molar-refractivity contribution in [2.75, 3.05) is 13.1 Å². The number of pyridine rings is 1. The smallest absolute Gasteiger partial charge is 0.243 e. The molecule has 0 saturated carbocycles. The Morgan fingerprint density at radius 2 is 1.97 bits per heavy atom. The summed E-state index contributed by atoms with van der Waals surface area (Å²) in [5.41, 5.74) is 2.37. The van der Waals surface area contributed by atoms with Crippen LogP contribution in [-0.4, -0.2) is 46.3 Å². The van der Waals surface area contributed by atoms with Crippen molar-refractivity contribution in [3.8, 4) is 0 Å². The third-order valence-electron chi connectivity index (χ3n) is 6.03. The minimum atomic E-state index is -3.50. The van der Waals surface area contributed by atoms with Gasteiger partial charge in [0.15, 0.2) is 0 Å². The fourth-order valence-electron chi connectivity index (χ4n) is 4.31. The second-order valence-electron chi connectivity index (χ2n) is 8.49. The SMILES string of the molecule is CCCn1c(CCC(=O)NC(C)c2ccccn2)nc2cc(S(=O)(=O)N3CCCC3)ccc21. The molecule has 1 aliphatic rings. The van der Waals surface area contributed by atoms with Gasteiger partial charge in [-0.1, -0.05) is 13.0 Å². The van der Waals surface area contributed by atoms with Crippen molar-refractivity contribution in [3.63, 3.8) is 0 Å². The highest BCUT2D eigenvalue weighted by Gasteiger charge is 2.28. The number of carbonyl (C=O) groups is 1. The van der Waals surface area contributed by atoms with Crippen LogP contribution in [0.5, 0.6) is 0 Å². The Morgan fingerprint density at radius 1 is 1.18 bits per heavy atom. The van der Waals surface area contributed by atoms with E-state index >= 15 is 0 Å². The summed E-state index contributed by atoms with van der Waals surface area (Å²) in [6.45, 7) is 5.90. The van der Waals surface area contributed by atoms with Crippen LogP contribution in [0.4, 0.5) is 0 Å². The number of nitrogens with one attached hydrogen (secondary N) is 1. The third kappa shape index (κ3) is 5.09. The van der Waals surface area contributed by atoms with Crippen molar-refractivity contribution in [1.29, 1.82) is 0 Å². The molecule has 0 spiro atoms. The van der Waals surface area contributed by atoms with Gasteiger partial charge in [0, 0.05) is 38.7 Å². The Kier molecular flexibility index (Phi) is 7.09. The molecule has 1 unspecified atom stereocenters. The molecule has 8 nitrogen and oxygen atoms in total. The van der Waals surface area contributed by atoms with Crippen molar-refractivity contribution >= 4 is 27.0 Å². The van der Waals surface area contributed by atoms with Crippen molar-refractivity contribution in [2.45, 2.75) is 63.4 Å². The summed E-state index contributed by atoms with van der Waals surface area (Å²) in [5.74, 6) is 0.726. The van der Waals surface area contributed by atoms with Gasteiger partial charge in [0.1, 0.15) is 5.82 Å². The van der Waals surface area contributed by atoms with Crippen LogP contribution in [0, 0.1) is 0 Å². The molecule has 3 heterocycles. The number of aromatic nitrogens is 3. The maximum atomic E-state index is 13.0. The monoisotopic (exact) mass is 469 g/mol. The van der Waals surface area contributed by atoms with Gasteiger partial charge in [-0.15, -0.1) is 0 Å².